The van der Waals surface area contributed by atoms with Crippen LogP contribution < -0.4 is 5.32 Å². The van der Waals surface area contributed by atoms with Gasteiger partial charge in [0, 0.05) is 29.6 Å². The summed E-state index contributed by atoms with van der Waals surface area (Å²) < 4.78 is 0. The van der Waals surface area contributed by atoms with Crippen molar-refractivity contribution in [2.75, 3.05) is 18.9 Å². The molecule has 0 unspecified atom stereocenters. The second kappa shape index (κ2) is 8.68. The average Bonchev–Trinajstić information content (AvgIpc) is 3.03. The molecular weight excluding hydrogens is 328 g/mol. The van der Waals surface area contributed by atoms with E-state index in [1.54, 1.807) is 0 Å². The summed E-state index contributed by atoms with van der Waals surface area (Å²) in [5.41, 5.74) is 10.1. The third-order valence-corrected chi connectivity index (χ3v) is 5.09. The molecule has 0 saturated heterocycles. The Bertz CT molecular complexity index is 915. The lowest BCUT2D eigenvalue weighted by Gasteiger charge is -2.17. The molecule has 138 valence electrons. The van der Waals surface area contributed by atoms with Crippen LogP contribution in [0.3, 0.4) is 0 Å². The minimum atomic E-state index is 0.813. The first kappa shape index (κ1) is 18.9. The van der Waals surface area contributed by atoms with Crippen LogP contribution in [0.25, 0.3) is 11.6 Å². The Morgan fingerprint density at radius 2 is 1.89 bits per heavy atom. The van der Waals surface area contributed by atoms with Crippen molar-refractivity contribution in [2.24, 2.45) is 4.99 Å². The first-order chi connectivity index (χ1) is 13.1. The average molecular weight is 357 g/mol. The van der Waals surface area contributed by atoms with Gasteiger partial charge in [-0.2, -0.15) is 0 Å². The number of aryl methyl sites for hydroxylation is 2. The molecule has 2 aromatic carbocycles. The maximum Gasteiger partial charge on any atom is 0.0610 e. The van der Waals surface area contributed by atoms with Gasteiger partial charge < -0.3 is 5.32 Å². The number of anilines is 1. The van der Waals surface area contributed by atoms with Crippen LogP contribution in [0.15, 0.2) is 71.8 Å². The van der Waals surface area contributed by atoms with E-state index in [1.165, 1.54) is 33.4 Å². The van der Waals surface area contributed by atoms with Gasteiger partial charge >= 0.3 is 0 Å². The molecule has 0 fully saturated rings. The van der Waals surface area contributed by atoms with Gasteiger partial charge in [-0.1, -0.05) is 61.2 Å². The van der Waals surface area contributed by atoms with Crippen LogP contribution >= 0.6 is 0 Å². The zero-order chi connectivity index (χ0) is 19.2. The summed E-state index contributed by atoms with van der Waals surface area (Å²) in [5.74, 6) is 0. The highest BCUT2D eigenvalue weighted by atomic mass is 14.8. The van der Waals surface area contributed by atoms with Crippen molar-refractivity contribution in [3.05, 3.63) is 89.0 Å². The molecule has 0 bridgehead atoms. The molecule has 2 nitrogen and oxygen atoms in total. The summed E-state index contributed by atoms with van der Waals surface area (Å²) >= 11 is 0. The van der Waals surface area contributed by atoms with Crippen molar-refractivity contribution < 1.29 is 0 Å². The summed E-state index contributed by atoms with van der Waals surface area (Å²) in [4.78, 5) is 4.62. The van der Waals surface area contributed by atoms with E-state index in [9.17, 15) is 0 Å². The second-order valence-corrected chi connectivity index (χ2v) is 6.98. The monoisotopic (exact) mass is 356 g/mol. The first-order valence-corrected chi connectivity index (χ1v) is 9.53. The van der Waals surface area contributed by atoms with Crippen molar-refractivity contribution in [2.45, 2.75) is 26.7 Å². The summed E-state index contributed by atoms with van der Waals surface area (Å²) in [6, 6.07) is 15.3. The van der Waals surface area contributed by atoms with Crippen LogP contribution in [-0.4, -0.2) is 19.3 Å². The van der Waals surface area contributed by atoms with Gasteiger partial charge in [0.15, 0.2) is 0 Å². The summed E-state index contributed by atoms with van der Waals surface area (Å²) in [6.07, 6.45) is 8.00. The van der Waals surface area contributed by atoms with Crippen LogP contribution in [-0.2, 0) is 12.8 Å². The molecule has 0 atom stereocenters. The molecule has 2 heteroatoms. The van der Waals surface area contributed by atoms with Crippen LogP contribution in [0.1, 0.15) is 36.1 Å². The Morgan fingerprint density at radius 1 is 1.11 bits per heavy atom. The standard InChI is InChI=1S/C25H28N2/c1-5-6-12-23-21(14-13-20-10-8-7-9-11-20)15-22(16-24(23)26-4)25-18(2)17-27-19(25)3/h5-12,15-16,26H,1,13-14,17H2,2-4H3/b12-6-. The maximum absolute atomic E-state index is 4.62. The molecule has 0 spiro atoms. The highest BCUT2D eigenvalue weighted by Crippen LogP contribution is 2.32. The third kappa shape index (κ3) is 4.28. The van der Waals surface area contributed by atoms with Crippen LogP contribution in [0, 0.1) is 0 Å². The topological polar surface area (TPSA) is 24.4 Å². The zero-order valence-corrected chi connectivity index (χ0v) is 16.5. The molecule has 1 aliphatic rings. The van der Waals surface area contributed by atoms with Crippen molar-refractivity contribution in [3.8, 4) is 0 Å². The normalized spacial score (nSPS) is 14.0. The number of nitrogens with one attached hydrogen (secondary N) is 1. The lowest BCUT2D eigenvalue weighted by molar-refractivity contribution is 0.957. The van der Waals surface area contributed by atoms with E-state index in [0.717, 1.165) is 30.8 Å². The molecule has 0 aromatic heterocycles. The molecule has 0 amide bonds. The fourth-order valence-corrected chi connectivity index (χ4v) is 3.72. The van der Waals surface area contributed by atoms with Gasteiger partial charge in [-0.05, 0) is 55.0 Å². The fraction of sp³-hybridized carbons (Fsp3) is 0.240. The molecule has 0 saturated carbocycles. The van der Waals surface area contributed by atoms with E-state index in [4.69, 9.17) is 0 Å². The summed E-state index contributed by atoms with van der Waals surface area (Å²) in [7, 11) is 1.99. The Labute approximate surface area is 163 Å². The first-order valence-electron chi connectivity index (χ1n) is 9.53. The van der Waals surface area contributed by atoms with Gasteiger partial charge in [0.25, 0.3) is 0 Å². The van der Waals surface area contributed by atoms with E-state index in [1.807, 2.05) is 19.2 Å². The third-order valence-electron chi connectivity index (χ3n) is 5.09. The molecule has 1 N–H and O–H groups in total. The van der Waals surface area contributed by atoms with Crippen molar-refractivity contribution >= 4 is 23.0 Å². The van der Waals surface area contributed by atoms with E-state index in [-0.39, 0.29) is 0 Å². The Kier molecular flexibility index (Phi) is 6.08. The molecule has 0 radical (unpaired) electrons. The number of allylic oxidation sites excluding steroid dienone is 3. The van der Waals surface area contributed by atoms with E-state index < -0.39 is 0 Å². The quantitative estimate of drug-likeness (QED) is 0.608. The summed E-state index contributed by atoms with van der Waals surface area (Å²) in [5, 5.41) is 3.39. The van der Waals surface area contributed by atoms with Gasteiger partial charge in [-0.15, -0.1) is 0 Å². The minimum absolute atomic E-state index is 0.813. The maximum atomic E-state index is 4.62. The van der Waals surface area contributed by atoms with Gasteiger partial charge in [0.2, 0.25) is 0 Å². The number of hydrogen-bond acceptors (Lipinski definition) is 2. The number of hydrogen-bond donors (Lipinski definition) is 1. The van der Waals surface area contributed by atoms with Gasteiger partial charge in [0.1, 0.15) is 0 Å². The predicted octanol–water partition coefficient (Wildman–Crippen LogP) is 5.96. The summed E-state index contributed by atoms with van der Waals surface area (Å²) in [6.45, 7) is 8.93. The van der Waals surface area contributed by atoms with E-state index in [0.29, 0.717) is 0 Å². The molecular formula is C25H28N2. The largest absolute Gasteiger partial charge is 0.388 e. The number of nitrogens with zero attached hydrogens (tertiary/aromatic N) is 1. The van der Waals surface area contributed by atoms with Crippen molar-refractivity contribution in [3.63, 3.8) is 0 Å². The van der Waals surface area contributed by atoms with E-state index in [2.05, 4.69) is 79.3 Å². The molecule has 1 heterocycles. The fourth-order valence-electron chi connectivity index (χ4n) is 3.72. The lowest BCUT2D eigenvalue weighted by Crippen LogP contribution is -2.03. The molecule has 27 heavy (non-hydrogen) atoms. The number of rotatable bonds is 7. The van der Waals surface area contributed by atoms with E-state index >= 15 is 0 Å². The highest BCUT2D eigenvalue weighted by molar-refractivity contribution is 6.25. The van der Waals surface area contributed by atoms with Crippen LogP contribution in [0.4, 0.5) is 5.69 Å². The number of benzene rings is 2. The Morgan fingerprint density at radius 3 is 2.52 bits per heavy atom. The van der Waals surface area contributed by atoms with Gasteiger partial charge in [-0.25, -0.2) is 0 Å². The van der Waals surface area contributed by atoms with Gasteiger partial charge in [-0.3, -0.25) is 4.99 Å². The van der Waals surface area contributed by atoms with Gasteiger partial charge in [0.05, 0.1) is 6.54 Å². The van der Waals surface area contributed by atoms with Crippen LogP contribution in [0.2, 0.25) is 0 Å². The van der Waals surface area contributed by atoms with Crippen LogP contribution in [0.5, 0.6) is 0 Å². The number of aliphatic imine (C=N–C) groups is 1. The second-order valence-electron chi connectivity index (χ2n) is 6.98. The smallest absolute Gasteiger partial charge is 0.0610 e. The Balaban J connectivity index is 2.05. The molecule has 2 aromatic rings. The minimum Gasteiger partial charge on any atom is -0.388 e. The highest BCUT2D eigenvalue weighted by Gasteiger charge is 2.18. The predicted molar refractivity (Wildman–Crippen MR) is 120 cm³/mol. The molecule has 0 aliphatic carbocycles. The molecule has 3 rings (SSSR count). The van der Waals surface area contributed by atoms with Crippen molar-refractivity contribution in [1.82, 2.24) is 0 Å². The Hall–Kier alpha value is -2.87. The van der Waals surface area contributed by atoms with Crippen molar-refractivity contribution in [1.29, 1.82) is 0 Å². The SMILES string of the molecule is C=C/C=C\c1c(CCc2ccccc2)cc(C2=C(C)CN=C2C)cc1NC. The molecule has 1 aliphatic heterocycles. The zero-order valence-electron chi connectivity index (χ0n) is 16.5. The lowest BCUT2D eigenvalue weighted by atomic mass is 9.91.